The smallest absolute Gasteiger partial charge is 0.220 e. The van der Waals surface area contributed by atoms with Crippen LogP contribution in [0.5, 0.6) is 0 Å². The first-order valence-electron chi connectivity index (χ1n) is 44.7. The summed E-state index contributed by atoms with van der Waals surface area (Å²) < 4.78 is 22.9. The lowest BCUT2D eigenvalue weighted by Gasteiger charge is -2.46. The largest absolute Gasteiger partial charge is 0.394 e. The van der Waals surface area contributed by atoms with Crippen LogP contribution in [0.15, 0.2) is 36.5 Å². The molecule has 103 heavy (non-hydrogen) atoms. The van der Waals surface area contributed by atoms with Crippen molar-refractivity contribution in [2.24, 2.45) is 0 Å². The van der Waals surface area contributed by atoms with E-state index in [9.17, 15) is 45.6 Å². The summed E-state index contributed by atoms with van der Waals surface area (Å²) in [6, 6.07) is -0.939. The summed E-state index contributed by atoms with van der Waals surface area (Å²) in [5.74, 6) is -0.244. The Morgan fingerprint density at radius 2 is 0.621 bits per heavy atom. The standard InChI is InChI=1S/C89H169NO13/c1-3-5-7-9-11-13-15-17-19-21-23-25-27-29-31-33-34-35-36-37-38-39-40-41-42-43-44-45-47-49-51-53-55-57-59-61-63-65-67-69-71-73-81(94)90-77(76-100-88-86(99)84(97)87(80(75-92)102-88)103-89-85(98)83(96)82(95)79(74-91)101-89)78(93)72-70-68-66-64-62-60-58-56-54-52-50-48-46-32-30-28-26-24-22-20-18-16-14-12-10-8-6-4-2/h54,56,62,64,70,72,77-80,82-89,91-93,95-99H,3-53,55,57-61,63,65-69,71,73-76H2,1-2H3,(H,90,94)/b56-54+,64-62+,72-70+. The predicted octanol–water partition coefficient (Wildman–Crippen LogP) is 21.5. The van der Waals surface area contributed by atoms with Crippen molar-refractivity contribution < 1.29 is 64.6 Å². The maximum atomic E-state index is 13.4. The fourth-order valence-corrected chi connectivity index (χ4v) is 15.0. The molecule has 1 amide bonds. The highest BCUT2D eigenvalue weighted by Gasteiger charge is 2.51. The molecule has 0 bridgehead atoms. The van der Waals surface area contributed by atoms with Gasteiger partial charge in [0.05, 0.1) is 32.0 Å². The van der Waals surface area contributed by atoms with Gasteiger partial charge in [-0.3, -0.25) is 4.79 Å². The summed E-state index contributed by atoms with van der Waals surface area (Å²) >= 11 is 0. The van der Waals surface area contributed by atoms with Gasteiger partial charge in [-0.1, -0.05) is 416 Å². The van der Waals surface area contributed by atoms with Crippen LogP contribution >= 0.6 is 0 Å². The molecule has 2 heterocycles. The first-order chi connectivity index (χ1) is 50.6. The van der Waals surface area contributed by atoms with E-state index in [-0.39, 0.29) is 18.9 Å². The molecule has 0 aromatic rings. The maximum absolute atomic E-state index is 13.4. The lowest BCUT2D eigenvalue weighted by molar-refractivity contribution is -0.359. The number of amides is 1. The van der Waals surface area contributed by atoms with Gasteiger partial charge in [-0.15, -0.1) is 0 Å². The van der Waals surface area contributed by atoms with Gasteiger partial charge in [-0.2, -0.15) is 0 Å². The molecule has 2 saturated heterocycles. The van der Waals surface area contributed by atoms with Crippen LogP contribution in [-0.2, 0) is 23.7 Å². The molecule has 9 N–H and O–H groups in total. The zero-order valence-electron chi connectivity index (χ0n) is 67.1. The molecule has 0 aromatic heterocycles. The number of aliphatic hydroxyl groups is 8. The number of allylic oxidation sites excluding steroid dienone is 5. The number of rotatable bonds is 77. The van der Waals surface area contributed by atoms with E-state index < -0.39 is 86.8 Å². The van der Waals surface area contributed by atoms with Gasteiger partial charge < -0.3 is 65.1 Å². The van der Waals surface area contributed by atoms with Crippen LogP contribution in [0, 0.1) is 0 Å². The van der Waals surface area contributed by atoms with E-state index >= 15 is 0 Å². The van der Waals surface area contributed by atoms with Crippen molar-refractivity contribution in [1.82, 2.24) is 5.32 Å². The van der Waals surface area contributed by atoms with Gasteiger partial charge in [-0.25, -0.2) is 0 Å². The second kappa shape index (κ2) is 73.0. The molecule has 0 spiro atoms. The van der Waals surface area contributed by atoms with Crippen molar-refractivity contribution >= 4 is 5.91 Å². The second-order valence-electron chi connectivity index (χ2n) is 31.7. The maximum Gasteiger partial charge on any atom is 0.220 e. The Kier molecular flexibility index (Phi) is 69.0. The molecule has 14 nitrogen and oxygen atoms in total. The van der Waals surface area contributed by atoms with Crippen LogP contribution in [0.2, 0.25) is 0 Å². The zero-order chi connectivity index (χ0) is 74.4. The summed E-state index contributed by atoms with van der Waals surface area (Å²) in [5, 5.41) is 87.8. The van der Waals surface area contributed by atoms with Gasteiger partial charge in [0.25, 0.3) is 0 Å². The van der Waals surface area contributed by atoms with Crippen LogP contribution in [0.3, 0.4) is 0 Å². The Labute approximate surface area is 633 Å². The Hall–Kier alpha value is -1.79. The first kappa shape index (κ1) is 97.3. The number of aliphatic hydroxyl groups excluding tert-OH is 8. The number of unbranched alkanes of at least 4 members (excludes halogenated alkanes) is 60. The third kappa shape index (κ3) is 55.3. The second-order valence-corrected chi connectivity index (χ2v) is 31.7. The minimum Gasteiger partial charge on any atom is -0.394 e. The average Bonchev–Trinajstić information content (AvgIpc) is 0.791. The Morgan fingerprint density at radius 1 is 0.340 bits per heavy atom. The van der Waals surface area contributed by atoms with Crippen molar-refractivity contribution in [3.63, 3.8) is 0 Å². The Morgan fingerprint density at radius 3 is 0.951 bits per heavy atom. The highest BCUT2D eigenvalue weighted by atomic mass is 16.7. The van der Waals surface area contributed by atoms with Gasteiger partial charge in [0.1, 0.15) is 48.8 Å². The summed E-state index contributed by atoms with van der Waals surface area (Å²) in [7, 11) is 0. The number of hydrogen-bond donors (Lipinski definition) is 9. The molecule has 2 aliphatic rings. The van der Waals surface area contributed by atoms with E-state index in [2.05, 4.69) is 43.5 Å². The minimum atomic E-state index is -1.79. The van der Waals surface area contributed by atoms with E-state index in [4.69, 9.17) is 18.9 Å². The molecular formula is C89H169NO13. The van der Waals surface area contributed by atoms with Gasteiger partial charge in [0, 0.05) is 6.42 Å². The van der Waals surface area contributed by atoms with Crippen molar-refractivity contribution in [3.05, 3.63) is 36.5 Å². The molecule has 14 heteroatoms. The Bertz CT molecular complexity index is 1870. The molecule has 2 rings (SSSR count). The molecule has 0 saturated carbocycles. The van der Waals surface area contributed by atoms with Crippen molar-refractivity contribution in [1.29, 1.82) is 0 Å². The van der Waals surface area contributed by atoms with Gasteiger partial charge in [-0.05, 0) is 44.9 Å². The highest BCUT2D eigenvalue weighted by Crippen LogP contribution is 2.31. The van der Waals surface area contributed by atoms with Gasteiger partial charge in [0.2, 0.25) is 5.91 Å². The SMILES string of the molecule is CCCCCCCCCCCCCCCCCCCC/C=C/CC/C=C/CC/C=C/C(O)C(COC1OC(CO)C(OC2OC(CO)C(O)C(O)C2O)C(O)C1O)NC(=O)CCCCCCCCCCCCCCCCCCCCCCCCCCCCCCCCCCCCCCCCCCC. The number of carbonyl (C=O) groups excluding carboxylic acids is 1. The molecule has 2 aliphatic heterocycles. The van der Waals surface area contributed by atoms with Crippen LogP contribution < -0.4 is 5.32 Å². The van der Waals surface area contributed by atoms with Crippen LogP contribution in [0.4, 0.5) is 0 Å². The Balaban J connectivity index is 1.56. The fraction of sp³-hybridized carbons (Fsp3) is 0.921. The predicted molar refractivity (Wildman–Crippen MR) is 429 cm³/mol. The third-order valence-corrected chi connectivity index (χ3v) is 22.1. The summed E-state index contributed by atoms with van der Waals surface area (Å²) in [6.45, 7) is 2.85. The lowest BCUT2D eigenvalue weighted by atomic mass is 9.97. The molecular weight excluding hydrogens is 1290 g/mol. The van der Waals surface area contributed by atoms with Gasteiger partial charge in [0.15, 0.2) is 12.6 Å². The molecule has 12 atom stereocenters. The van der Waals surface area contributed by atoms with E-state index in [1.807, 2.05) is 6.08 Å². The van der Waals surface area contributed by atoms with Crippen LogP contribution in [0.1, 0.15) is 431 Å². The van der Waals surface area contributed by atoms with E-state index in [1.165, 1.54) is 353 Å². The molecule has 0 aromatic carbocycles. The van der Waals surface area contributed by atoms with Crippen LogP contribution in [-0.4, -0.2) is 140 Å². The first-order valence-corrected chi connectivity index (χ1v) is 44.7. The molecule has 2 fully saturated rings. The quantitative estimate of drug-likeness (QED) is 0.0204. The molecule has 0 aliphatic carbocycles. The summed E-state index contributed by atoms with van der Waals surface area (Å²) in [4.78, 5) is 13.4. The van der Waals surface area contributed by atoms with Crippen molar-refractivity contribution in [3.8, 4) is 0 Å². The number of nitrogens with one attached hydrogen (secondary N) is 1. The number of ether oxygens (including phenoxy) is 4. The summed E-state index contributed by atoms with van der Waals surface area (Å²) in [5.41, 5.74) is 0. The van der Waals surface area contributed by atoms with E-state index in [1.54, 1.807) is 6.08 Å². The molecule has 12 unspecified atom stereocenters. The van der Waals surface area contributed by atoms with Crippen molar-refractivity contribution in [2.45, 2.75) is 505 Å². The van der Waals surface area contributed by atoms with E-state index in [0.29, 0.717) is 12.8 Å². The van der Waals surface area contributed by atoms with Gasteiger partial charge >= 0.3 is 0 Å². The fourth-order valence-electron chi connectivity index (χ4n) is 15.0. The van der Waals surface area contributed by atoms with E-state index in [0.717, 1.165) is 44.9 Å². The monoisotopic (exact) mass is 1460 g/mol. The number of hydrogen-bond acceptors (Lipinski definition) is 13. The van der Waals surface area contributed by atoms with Crippen LogP contribution in [0.25, 0.3) is 0 Å². The normalized spacial score (nSPS) is 21.7. The average molecular weight is 1460 g/mol. The number of carbonyl (C=O) groups is 1. The zero-order valence-corrected chi connectivity index (χ0v) is 67.1. The van der Waals surface area contributed by atoms with Crippen molar-refractivity contribution in [2.75, 3.05) is 19.8 Å². The highest BCUT2D eigenvalue weighted by molar-refractivity contribution is 5.76. The lowest BCUT2D eigenvalue weighted by Crippen LogP contribution is -2.65. The third-order valence-electron chi connectivity index (χ3n) is 22.1. The minimum absolute atomic E-state index is 0.244. The molecule has 0 radical (unpaired) electrons. The summed E-state index contributed by atoms with van der Waals surface area (Å²) in [6.07, 6.45) is 81.4. The topological polar surface area (TPSA) is 228 Å². The molecule has 608 valence electrons.